The second kappa shape index (κ2) is 3.79. The predicted molar refractivity (Wildman–Crippen MR) is 65.0 cm³/mol. The number of ether oxygens (including phenoxy) is 1. The molecular formula is C12H17N3O. The van der Waals surface area contributed by atoms with Crippen molar-refractivity contribution in [3.8, 4) is 0 Å². The van der Waals surface area contributed by atoms with E-state index >= 15 is 0 Å². The Morgan fingerprint density at radius 2 is 2.12 bits per heavy atom. The molecule has 0 spiro atoms. The molecule has 0 amide bonds. The zero-order valence-electron chi connectivity index (χ0n) is 9.87. The highest BCUT2D eigenvalue weighted by molar-refractivity contribution is 5.86. The largest absolute Gasteiger partial charge is 0.397 e. The summed E-state index contributed by atoms with van der Waals surface area (Å²) >= 11 is 0. The van der Waals surface area contributed by atoms with Crippen LogP contribution in [0.3, 0.4) is 0 Å². The molecule has 0 saturated heterocycles. The van der Waals surface area contributed by atoms with Crippen LogP contribution in [-0.4, -0.2) is 15.6 Å². The first-order chi connectivity index (χ1) is 7.46. The highest BCUT2D eigenvalue weighted by Gasteiger charge is 2.12. The van der Waals surface area contributed by atoms with Crippen molar-refractivity contribution in [2.24, 2.45) is 0 Å². The highest BCUT2D eigenvalue weighted by atomic mass is 16.5. The van der Waals surface area contributed by atoms with E-state index in [2.05, 4.69) is 9.97 Å². The van der Waals surface area contributed by atoms with Gasteiger partial charge in [-0.2, -0.15) is 0 Å². The molecule has 2 rings (SSSR count). The smallest absolute Gasteiger partial charge is 0.133 e. The standard InChI is InChI=1S/C12H17N3O/c1-12(2,3)16-7-10-14-9-6-4-5-8(13)11(9)15-10/h4-6H,7,13H2,1-3H3,(H,14,15). The molecular weight excluding hydrogens is 202 g/mol. The Morgan fingerprint density at radius 1 is 1.38 bits per heavy atom. The van der Waals surface area contributed by atoms with Crippen molar-refractivity contribution in [3.63, 3.8) is 0 Å². The predicted octanol–water partition coefficient (Wildman–Crippen LogP) is 2.46. The van der Waals surface area contributed by atoms with Crippen LogP contribution in [0.1, 0.15) is 26.6 Å². The van der Waals surface area contributed by atoms with Gasteiger partial charge < -0.3 is 15.5 Å². The van der Waals surface area contributed by atoms with E-state index in [0.29, 0.717) is 12.3 Å². The van der Waals surface area contributed by atoms with E-state index in [1.54, 1.807) is 0 Å². The summed E-state index contributed by atoms with van der Waals surface area (Å²) in [6, 6.07) is 5.71. The van der Waals surface area contributed by atoms with Crippen molar-refractivity contribution < 1.29 is 4.74 Å². The monoisotopic (exact) mass is 219 g/mol. The van der Waals surface area contributed by atoms with Gasteiger partial charge in [-0.3, -0.25) is 0 Å². The number of aromatic nitrogens is 2. The van der Waals surface area contributed by atoms with E-state index < -0.39 is 0 Å². The van der Waals surface area contributed by atoms with Gasteiger partial charge in [0.05, 0.1) is 16.8 Å². The summed E-state index contributed by atoms with van der Waals surface area (Å²) in [7, 11) is 0. The molecule has 1 aromatic carbocycles. The van der Waals surface area contributed by atoms with Crippen molar-refractivity contribution in [2.75, 3.05) is 5.73 Å². The fourth-order valence-corrected chi connectivity index (χ4v) is 1.46. The maximum Gasteiger partial charge on any atom is 0.133 e. The second-order valence-corrected chi connectivity index (χ2v) is 4.83. The average Bonchev–Trinajstić information content (AvgIpc) is 2.58. The molecule has 86 valence electrons. The number of nitrogens with one attached hydrogen (secondary N) is 1. The minimum absolute atomic E-state index is 0.162. The number of para-hydroxylation sites is 1. The fourth-order valence-electron chi connectivity index (χ4n) is 1.46. The summed E-state index contributed by atoms with van der Waals surface area (Å²) in [6.45, 7) is 6.52. The van der Waals surface area contributed by atoms with Crippen molar-refractivity contribution >= 4 is 16.7 Å². The summed E-state index contributed by atoms with van der Waals surface area (Å²) in [6.07, 6.45) is 0. The first kappa shape index (κ1) is 11.0. The van der Waals surface area contributed by atoms with E-state index in [1.807, 2.05) is 39.0 Å². The molecule has 16 heavy (non-hydrogen) atoms. The summed E-state index contributed by atoms with van der Waals surface area (Å²) in [5, 5.41) is 0. The molecule has 0 bridgehead atoms. The lowest BCUT2D eigenvalue weighted by molar-refractivity contribution is -0.0177. The molecule has 4 heteroatoms. The molecule has 0 atom stereocenters. The van der Waals surface area contributed by atoms with Gasteiger partial charge in [0.2, 0.25) is 0 Å². The molecule has 4 nitrogen and oxygen atoms in total. The number of nitrogens with zero attached hydrogens (tertiary/aromatic N) is 1. The number of nitrogen functional groups attached to an aromatic ring is 1. The number of imidazole rings is 1. The van der Waals surface area contributed by atoms with Gasteiger partial charge in [-0.25, -0.2) is 4.98 Å². The van der Waals surface area contributed by atoms with E-state index in [9.17, 15) is 0 Å². The number of benzene rings is 1. The molecule has 0 aliphatic carbocycles. The number of hydrogen-bond donors (Lipinski definition) is 2. The van der Waals surface area contributed by atoms with Crippen LogP contribution < -0.4 is 5.73 Å². The Bertz CT molecular complexity index is 496. The maximum atomic E-state index is 5.83. The third-order valence-corrected chi connectivity index (χ3v) is 2.23. The van der Waals surface area contributed by atoms with Crippen molar-refractivity contribution in [2.45, 2.75) is 33.0 Å². The minimum atomic E-state index is -0.162. The molecule has 0 aliphatic heterocycles. The van der Waals surface area contributed by atoms with E-state index in [-0.39, 0.29) is 5.60 Å². The van der Waals surface area contributed by atoms with Crippen LogP contribution >= 0.6 is 0 Å². The van der Waals surface area contributed by atoms with Gasteiger partial charge in [0.25, 0.3) is 0 Å². The van der Waals surface area contributed by atoms with Gasteiger partial charge in [0, 0.05) is 0 Å². The van der Waals surface area contributed by atoms with E-state index in [4.69, 9.17) is 10.5 Å². The first-order valence-electron chi connectivity index (χ1n) is 5.33. The summed E-state index contributed by atoms with van der Waals surface area (Å²) < 4.78 is 5.65. The Morgan fingerprint density at radius 3 is 2.75 bits per heavy atom. The molecule has 1 aromatic heterocycles. The van der Waals surface area contributed by atoms with Crippen LogP contribution in [0, 0.1) is 0 Å². The van der Waals surface area contributed by atoms with Crippen LogP contribution in [0.2, 0.25) is 0 Å². The van der Waals surface area contributed by atoms with Crippen molar-refractivity contribution in [1.82, 2.24) is 9.97 Å². The third-order valence-electron chi connectivity index (χ3n) is 2.23. The normalized spacial score (nSPS) is 12.2. The number of hydrogen-bond acceptors (Lipinski definition) is 3. The Labute approximate surface area is 94.8 Å². The molecule has 0 saturated carbocycles. The molecule has 0 aliphatic rings. The van der Waals surface area contributed by atoms with Gasteiger partial charge in [-0.05, 0) is 32.9 Å². The number of H-pyrrole nitrogens is 1. The number of aromatic amines is 1. The van der Waals surface area contributed by atoms with Crippen molar-refractivity contribution in [3.05, 3.63) is 24.0 Å². The molecule has 1 heterocycles. The maximum absolute atomic E-state index is 5.83. The molecule has 0 fully saturated rings. The fraction of sp³-hybridized carbons (Fsp3) is 0.417. The van der Waals surface area contributed by atoms with Gasteiger partial charge >= 0.3 is 0 Å². The molecule has 0 radical (unpaired) electrons. The lowest BCUT2D eigenvalue weighted by atomic mass is 10.2. The Balaban J connectivity index is 2.24. The van der Waals surface area contributed by atoms with Gasteiger partial charge in [0.15, 0.2) is 0 Å². The van der Waals surface area contributed by atoms with Gasteiger partial charge in [-0.1, -0.05) is 6.07 Å². The van der Waals surface area contributed by atoms with Gasteiger partial charge in [0.1, 0.15) is 17.9 Å². The summed E-state index contributed by atoms with van der Waals surface area (Å²) in [5.41, 5.74) is 8.12. The first-order valence-corrected chi connectivity index (χ1v) is 5.33. The topological polar surface area (TPSA) is 63.9 Å². The Kier molecular flexibility index (Phi) is 2.59. The van der Waals surface area contributed by atoms with E-state index in [1.165, 1.54) is 0 Å². The second-order valence-electron chi connectivity index (χ2n) is 4.83. The van der Waals surface area contributed by atoms with Crippen LogP contribution in [0.4, 0.5) is 5.69 Å². The molecule has 2 aromatic rings. The molecule has 3 N–H and O–H groups in total. The average molecular weight is 219 g/mol. The van der Waals surface area contributed by atoms with E-state index in [0.717, 1.165) is 16.9 Å². The zero-order chi connectivity index (χ0) is 11.8. The zero-order valence-corrected chi connectivity index (χ0v) is 9.87. The van der Waals surface area contributed by atoms with Gasteiger partial charge in [-0.15, -0.1) is 0 Å². The van der Waals surface area contributed by atoms with Crippen molar-refractivity contribution in [1.29, 1.82) is 0 Å². The lowest BCUT2D eigenvalue weighted by Crippen LogP contribution is -2.19. The summed E-state index contributed by atoms with van der Waals surface area (Å²) in [4.78, 5) is 7.60. The number of fused-ring (bicyclic) bond motifs is 1. The highest BCUT2D eigenvalue weighted by Crippen LogP contribution is 2.19. The van der Waals surface area contributed by atoms with Crippen LogP contribution in [0.25, 0.3) is 11.0 Å². The quantitative estimate of drug-likeness (QED) is 0.762. The van der Waals surface area contributed by atoms with Crippen LogP contribution in [0.5, 0.6) is 0 Å². The lowest BCUT2D eigenvalue weighted by Gasteiger charge is -2.18. The number of rotatable bonds is 2. The van der Waals surface area contributed by atoms with Crippen LogP contribution in [-0.2, 0) is 11.3 Å². The minimum Gasteiger partial charge on any atom is -0.397 e. The third kappa shape index (κ3) is 2.33. The Hall–Kier alpha value is -1.55. The molecule has 0 unspecified atom stereocenters. The number of anilines is 1. The van der Waals surface area contributed by atoms with Crippen LogP contribution in [0.15, 0.2) is 18.2 Å². The summed E-state index contributed by atoms with van der Waals surface area (Å²) in [5.74, 6) is 0.808. The number of nitrogens with two attached hydrogens (primary N) is 1. The SMILES string of the molecule is CC(C)(C)OCc1nc2c(N)cccc2[nH]1.